The highest BCUT2D eigenvalue weighted by Gasteiger charge is 2.28. The second kappa shape index (κ2) is 7.60. The van der Waals surface area contributed by atoms with E-state index in [0.717, 1.165) is 58.9 Å². The number of likely N-dealkylation sites (tertiary alicyclic amines) is 1. The number of benzene rings is 1. The van der Waals surface area contributed by atoms with Crippen LogP contribution in [0.5, 0.6) is 0 Å². The van der Waals surface area contributed by atoms with Gasteiger partial charge in [0.2, 0.25) is 0 Å². The van der Waals surface area contributed by atoms with Crippen LogP contribution in [-0.4, -0.2) is 36.5 Å². The summed E-state index contributed by atoms with van der Waals surface area (Å²) in [7, 11) is 0. The SMILES string of the molecule is Cc1c(C(=O)N2CCC(NCC3CC3)CC2)sc2ccc(F)cc12.Cl. The largest absolute Gasteiger partial charge is 0.338 e. The van der Waals surface area contributed by atoms with Crippen molar-refractivity contribution in [3.8, 4) is 0 Å². The van der Waals surface area contributed by atoms with Crippen molar-refractivity contribution < 1.29 is 9.18 Å². The highest BCUT2D eigenvalue weighted by Crippen LogP contribution is 2.33. The number of fused-ring (bicyclic) bond motifs is 1. The molecule has 1 aliphatic carbocycles. The quantitative estimate of drug-likeness (QED) is 0.851. The Balaban J connectivity index is 0.00000182. The number of thiophene rings is 1. The zero-order chi connectivity index (χ0) is 16.7. The van der Waals surface area contributed by atoms with Crippen LogP contribution in [0.3, 0.4) is 0 Å². The minimum absolute atomic E-state index is 0. The first-order chi connectivity index (χ1) is 11.6. The van der Waals surface area contributed by atoms with Crippen molar-refractivity contribution in [2.45, 2.75) is 38.6 Å². The van der Waals surface area contributed by atoms with Gasteiger partial charge in [0, 0.05) is 23.8 Å². The predicted molar refractivity (Wildman–Crippen MR) is 103 cm³/mol. The molecule has 1 aromatic carbocycles. The van der Waals surface area contributed by atoms with Crippen LogP contribution >= 0.6 is 23.7 Å². The molecule has 0 bridgehead atoms. The van der Waals surface area contributed by atoms with Crippen molar-refractivity contribution in [3.63, 3.8) is 0 Å². The average Bonchev–Trinajstić information content (AvgIpc) is 3.37. The van der Waals surface area contributed by atoms with Crippen molar-refractivity contribution in [1.29, 1.82) is 0 Å². The number of piperidine rings is 1. The molecular weight excluding hydrogens is 359 g/mol. The van der Waals surface area contributed by atoms with Gasteiger partial charge >= 0.3 is 0 Å². The first-order valence-electron chi connectivity index (χ1n) is 8.83. The summed E-state index contributed by atoms with van der Waals surface area (Å²) in [6.45, 7) is 4.68. The molecule has 2 aliphatic rings. The Morgan fingerprint density at radius 1 is 1.28 bits per heavy atom. The van der Waals surface area contributed by atoms with E-state index in [1.54, 1.807) is 6.07 Å². The van der Waals surface area contributed by atoms with E-state index in [1.165, 1.54) is 36.3 Å². The van der Waals surface area contributed by atoms with Gasteiger partial charge in [0.15, 0.2) is 0 Å². The van der Waals surface area contributed by atoms with Crippen LogP contribution in [0.2, 0.25) is 0 Å². The number of amides is 1. The molecule has 2 heterocycles. The fourth-order valence-electron chi connectivity index (χ4n) is 3.48. The van der Waals surface area contributed by atoms with Crippen molar-refractivity contribution >= 4 is 39.7 Å². The molecule has 3 nitrogen and oxygen atoms in total. The van der Waals surface area contributed by atoms with Gasteiger partial charge in [0.1, 0.15) is 5.82 Å². The van der Waals surface area contributed by atoms with Crippen LogP contribution in [0.15, 0.2) is 18.2 Å². The summed E-state index contributed by atoms with van der Waals surface area (Å²) in [6, 6.07) is 5.31. The number of nitrogens with zero attached hydrogens (tertiary/aromatic N) is 1. The Morgan fingerprint density at radius 3 is 2.68 bits per heavy atom. The lowest BCUT2D eigenvalue weighted by molar-refractivity contribution is 0.0709. The van der Waals surface area contributed by atoms with Gasteiger partial charge in [-0.05, 0) is 74.2 Å². The molecule has 1 saturated heterocycles. The third-order valence-electron chi connectivity index (χ3n) is 5.27. The Bertz CT molecular complexity index is 766. The summed E-state index contributed by atoms with van der Waals surface area (Å²) in [5, 5.41) is 4.51. The molecule has 1 saturated carbocycles. The van der Waals surface area contributed by atoms with E-state index in [-0.39, 0.29) is 24.1 Å². The highest BCUT2D eigenvalue weighted by molar-refractivity contribution is 7.21. The second-order valence-electron chi connectivity index (χ2n) is 7.11. The fourth-order valence-corrected chi connectivity index (χ4v) is 4.64. The predicted octanol–water partition coefficient (Wildman–Crippen LogP) is 4.37. The number of hydrogen-bond acceptors (Lipinski definition) is 3. The van der Waals surface area contributed by atoms with Crippen LogP contribution in [0, 0.1) is 18.7 Å². The van der Waals surface area contributed by atoms with Crippen LogP contribution in [0.4, 0.5) is 4.39 Å². The Morgan fingerprint density at radius 2 is 2.00 bits per heavy atom. The standard InChI is InChI=1S/C19H23FN2OS.ClH/c1-12-16-10-14(20)4-5-17(16)24-18(12)19(23)22-8-6-15(7-9-22)21-11-13-2-3-13;/h4-5,10,13,15,21H,2-3,6-9,11H2,1H3;1H. The van der Waals surface area contributed by atoms with Crippen molar-refractivity contribution in [2.24, 2.45) is 5.92 Å². The number of aryl methyl sites for hydroxylation is 1. The summed E-state index contributed by atoms with van der Waals surface area (Å²) in [6.07, 6.45) is 4.79. The van der Waals surface area contributed by atoms with E-state index >= 15 is 0 Å². The zero-order valence-corrected chi connectivity index (χ0v) is 16.0. The third-order valence-corrected chi connectivity index (χ3v) is 6.53. The van der Waals surface area contributed by atoms with Crippen LogP contribution in [0.1, 0.15) is 40.9 Å². The molecule has 6 heteroatoms. The summed E-state index contributed by atoms with van der Waals surface area (Å²) in [5.41, 5.74) is 0.911. The lowest BCUT2D eigenvalue weighted by atomic mass is 10.0. The third kappa shape index (κ3) is 3.99. The molecular formula is C19H24ClFN2OS. The molecule has 2 aromatic rings. The normalized spacial score (nSPS) is 18.4. The number of halogens is 2. The van der Waals surface area contributed by atoms with Gasteiger partial charge in [-0.25, -0.2) is 4.39 Å². The molecule has 1 aromatic heterocycles. The minimum atomic E-state index is -0.245. The second-order valence-corrected chi connectivity index (χ2v) is 8.17. The maximum Gasteiger partial charge on any atom is 0.264 e. The molecule has 0 atom stereocenters. The van der Waals surface area contributed by atoms with Gasteiger partial charge in [-0.1, -0.05) is 0 Å². The van der Waals surface area contributed by atoms with Gasteiger partial charge in [0.05, 0.1) is 4.88 Å². The maximum absolute atomic E-state index is 13.5. The molecule has 25 heavy (non-hydrogen) atoms. The number of hydrogen-bond donors (Lipinski definition) is 1. The first-order valence-corrected chi connectivity index (χ1v) is 9.65. The smallest absolute Gasteiger partial charge is 0.264 e. The number of carbonyl (C=O) groups is 1. The van der Waals surface area contributed by atoms with Crippen LogP contribution < -0.4 is 5.32 Å². The summed E-state index contributed by atoms with van der Waals surface area (Å²) >= 11 is 1.48. The van der Waals surface area contributed by atoms with E-state index in [0.29, 0.717) is 6.04 Å². The summed E-state index contributed by atoms with van der Waals surface area (Å²) in [4.78, 5) is 15.6. The molecule has 0 radical (unpaired) electrons. The molecule has 136 valence electrons. The lowest BCUT2D eigenvalue weighted by Gasteiger charge is -2.32. The van der Waals surface area contributed by atoms with Crippen LogP contribution in [0.25, 0.3) is 10.1 Å². The van der Waals surface area contributed by atoms with Crippen molar-refractivity contribution in [3.05, 3.63) is 34.5 Å². The van der Waals surface area contributed by atoms with E-state index in [4.69, 9.17) is 0 Å². The first kappa shape index (κ1) is 18.6. The van der Waals surface area contributed by atoms with E-state index < -0.39 is 0 Å². The Labute approximate surface area is 158 Å². The molecule has 0 spiro atoms. The molecule has 0 unspecified atom stereocenters. The number of carbonyl (C=O) groups excluding carboxylic acids is 1. The highest BCUT2D eigenvalue weighted by atomic mass is 35.5. The van der Waals surface area contributed by atoms with E-state index in [1.807, 2.05) is 11.8 Å². The Kier molecular flexibility index (Phi) is 5.66. The topological polar surface area (TPSA) is 32.3 Å². The van der Waals surface area contributed by atoms with Gasteiger partial charge in [-0.2, -0.15) is 0 Å². The Hall–Kier alpha value is -1.17. The van der Waals surface area contributed by atoms with Crippen molar-refractivity contribution in [1.82, 2.24) is 10.2 Å². The van der Waals surface area contributed by atoms with Crippen LogP contribution in [-0.2, 0) is 0 Å². The molecule has 2 fully saturated rings. The lowest BCUT2D eigenvalue weighted by Crippen LogP contribution is -2.45. The molecule has 1 amide bonds. The molecule has 1 N–H and O–H groups in total. The van der Waals surface area contributed by atoms with Gasteiger partial charge < -0.3 is 10.2 Å². The summed E-state index contributed by atoms with van der Waals surface area (Å²) < 4.78 is 14.4. The van der Waals surface area contributed by atoms with Gasteiger partial charge in [0.25, 0.3) is 5.91 Å². The zero-order valence-electron chi connectivity index (χ0n) is 14.4. The number of nitrogens with one attached hydrogen (secondary N) is 1. The minimum Gasteiger partial charge on any atom is -0.338 e. The van der Waals surface area contributed by atoms with Crippen molar-refractivity contribution in [2.75, 3.05) is 19.6 Å². The monoisotopic (exact) mass is 382 g/mol. The molecule has 1 aliphatic heterocycles. The van der Waals surface area contributed by atoms with E-state index in [2.05, 4.69) is 5.32 Å². The average molecular weight is 383 g/mol. The van der Waals surface area contributed by atoms with Gasteiger partial charge in [-0.3, -0.25) is 4.79 Å². The number of rotatable bonds is 4. The van der Waals surface area contributed by atoms with Gasteiger partial charge in [-0.15, -0.1) is 23.7 Å². The molecule has 4 rings (SSSR count). The summed E-state index contributed by atoms with van der Waals surface area (Å²) in [5.74, 6) is 0.756. The van der Waals surface area contributed by atoms with E-state index in [9.17, 15) is 9.18 Å². The fraction of sp³-hybridized carbons (Fsp3) is 0.526. The maximum atomic E-state index is 13.5.